The molecule has 3 nitrogen and oxygen atoms in total. The van der Waals surface area contributed by atoms with Crippen LogP contribution >= 0.6 is 0 Å². The fourth-order valence-corrected chi connectivity index (χ4v) is 1.10. The van der Waals surface area contributed by atoms with Gasteiger partial charge >= 0.3 is 0 Å². The van der Waals surface area contributed by atoms with Crippen LogP contribution in [0.4, 0.5) is 0 Å². The highest BCUT2D eigenvalue weighted by molar-refractivity contribution is 5.76. The van der Waals surface area contributed by atoms with Gasteiger partial charge in [0.15, 0.2) is 0 Å². The average molecular weight is 184 g/mol. The van der Waals surface area contributed by atoms with Gasteiger partial charge in [0.2, 0.25) is 5.91 Å². The molecule has 2 N–H and O–H groups in total. The molecule has 0 aliphatic carbocycles. The van der Waals surface area contributed by atoms with E-state index >= 15 is 0 Å². The van der Waals surface area contributed by atoms with Gasteiger partial charge in [0.1, 0.15) is 0 Å². The molecule has 0 saturated carbocycles. The second kappa shape index (κ2) is 6.66. The Hall–Kier alpha value is -0.830. The van der Waals surface area contributed by atoms with Crippen LogP contribution in [0.1, 0.15) is 26.2 Å². The smallest absolute Gasteiger partial charge is 0.222 e. The molecule has 0 spiro atoms. The summed E-state index contributed by atoms with van der Waals surface area (Å²) in [6, 6.07) is 0. The molecule has 13 heavy (non-hydrogen) atoms. The highest BCUT2D eigenvalue weighted by Crippen LogP contribution is 2.00. The summed E-state index contributed by atoms with van der Waals surface area (Å²) in [5.74, 6) is 0.177. The molecule has 0 saturated heterocycles. The molecule has 0 heterocycles. The fraction of sp³-hybridized carbons (Fsp3) is 0.700. The van der Waals surface area contributed by atoms with Gasteiger partial charge in [0.25, 0.3) is 0 Å². The van der Waals surface area contributed by atoms with Crippen LogP contribution in [-0.2, 0) is 4.79 Å². The van der Waals surface area contributed by atoms with Crippen molar-refractivity contribution in [2.24, 2.45) is 5.73 Å². The molecule has 0 aromatic rings. The number of carbonyl (C=O) groups excluding carboxylic acids is 1. The van der Waals surface area contributed by atoms with E-state index in [0.29, 0.717) is 19.5 Å². The van der Waals surface area contributed by atoms with Gasteiger partial charge in [-0.05, 0) is 26.3 Å². The lowest BCUT2D eigenvalue weighted by atomic mass is 10.2. The second-order valence-corrected chi connectivity index (χ2v) is 3.45. The topological polar surface area (TPSA) is 46.3 Å². The molecular formula is C10H20N2O. The predicted molar refractivity (Wildman–Crippen MR) is 55.4 cm³/mol. The van der Waals surface area contributed by atoms with Crippen molar-refractivity contribution in [1.82, 2.24) is 4.90 Å². The lowest BCUT2D eigenvalue weighted by molar-refractivity contribution is -0.129. The lowest BCUT2D eigenvalue weighted by Gasteiger charge is -2.16. The van der Waals surface area contributed by atoms with Gasteiger partial charge in [-0.2, -0.15) is 0 Å². The van der Waals surface area contributed by atoms with E-state index in [4.69, 9.17) is 5.73 Å². The van der Waals surface area contributed by atoms with Crippen molar-refractivity contribution < 1.29 is 4.79 Å². The Morgan fingerprint density at radius 1 is 1.46 bits per heavy atom. The van der Waals surface area contributed by atoms with E-state index in [1.165, 1.54) is 0 Å². The van der Waals surface area contributed by atoms with Crippen LogP contribution in [0.25, 0.3) is 0 Å². The minimum atomic E-state index is 0.177. The lowest BCUT2D eigenvalue weighted by Crippen LogP contribution is -2.27. The second-order valence-electron chi connectivity index (χ2n) is 3.45. The molecule has 76 valence electrons. The molecule has 0 aromatic heterocycles. The maximum absolute atomic E-state index is 11.4. The summed E-state index contributed by atoms with van der Waals surface area (Å²) < 4.78 is 0. The third-order valence-corrected chi connectivity index (χ3v) is 1.78. The number of hydrogen-bond donors (Lipinski definition) is 1. The monoisotopic (exact) mass is 184 g/mol. The first-order valence-corrected chi connectivity index (χ1v) is 4.66. The molecule has 1 amide bonds. The third kappa shape index (κ3) is 6.34. The zero-order valence-electron chi connectivity index (χ0n) is 8.68. The van der Waals surface area contributed by atoms with Crippen LogP contribution < -0.4 is 5.73 Å². The quantitative estimate of drug-likeness (QED) is 0.497. The van der Waals surface area contributed by atoms with E-state index in [1.807, 2.05) is 6.92 Å². The standard InChI is InChI=1S/C10H20N2O/c1-9(2)8-12(3)10(13)6-4-5-7-11/h1,4-8,11H2,2-3H3. The summed E-state index contributed by atoms with van der Waals surface area (Å²) in [6.07, 6.45) is 2.41. The highest BCUT2D eigenvalue weighted by atomic mass is 16.2. The van der Waals surface area contributed by atoms with Crippen LogP contribution in [0.3, 0.4) is 0 Å². The summed E-state index contributed by atoms with van der Waals surface area (Å²) >= 11 is 0. The van der Waals surface area contributed by atoms with Crippen molar-refractivity contribution in [2.75, 3.05) is 20.1 Å². The molecule has 0 aliphatic heterocycles. The van der Waals surface area contributed by atoms with Crippen molar-refractivity contribution in [2.45, 2.75) is 26.2 Å². The highest BCUT2D eigenvalue weighted by Gasteiger charge is 2.06. The maximum Gasteiger partial charge on any atom is 0.222 e. The molecular weight excluding hydrogens is 164 g/mol. The van der Waals surface area contributed by atoms with Gasteiger partial charge in [-0.1, -0.05) is 12.2 Å². The first kappa shape index (κ1) is 12.2. The van der Waals surface area contributed by atoms with Gasteiger partial charge in [-0.3, -0.25) is 4.79 Å². The minimum absolute atomic E-state index is 0.177. The van der Waals surface area contributed by atoms with Gasteiger partial charge in [0, 0.05) is 20.0 Å². The Labute approximate surface area is 80.6 Å². The molecule has 0 atom stereocenters. The van der Waals surface area contributed by atoms with Gasteiger partial charge < -0.3 is 10.6 Å². The molecule has 0 fully saturated rings. The Bertz CT molecular complexity index is 178. The summed E-state index contributed by atoms with van der Waals surface area (Å²) in [5, 5.41) is 0. The van der Waals surface area contributed by atoms with Crippen LogP contribution in [0, 0.1) is 0 Å². The first-order chi connectivity index (χ1) is 6.07. The summed E-state index contributed by atoms with van der Waals surface area (Å²) in [7, 11) is 1.81. The number of amides is 1. The molecule has 0 aromatic carbocycles. The predicted octanol–water partition coefficient (Wildman–Crippen LogP) is 1.15. The normalized spacial score (nSPS) is 9.77. The minimum Gasteiger partial charge on any atom is -0.342 e. The number of nitrogens with zero attached hydrogens (tertiary/aromatic N) is 1. The molecule has 0 rings (SSSR count). The number of rotatable bonds is 6. The van der Waals surface area contributed by atoms with Crippen LogP contribution in [0.2, 0.25) is 0 Å². The third-order valence-electron chi connectivity index (χ3n) is 1.78. The maximum atomic E-state index is 11.4. The van der Waals surface area contributed by atoms with Gasteiger partial charge in [-0.15, -0.1) is 0 Å². The fourth-order valence-electron chi connectivity index (χ4n) is 1.10. The van der Waals surface area contributed by atoms with Crippen molar-refractivity contribution in [3.8, 4) is 0 Å². The molecule has 0 radical (unpaired) electrons. The molecule has 3 heteroatoms. The average Bonchev–Trinajstić information content (AvgIpc) is 2.03. The summed E-state index contributed by atoms with van der Waals surface area (Å²) in [4.78, 5) is 13.1. The zero-order valence-corrected chi connectivity index (χ0v) is 8.68. The van der Waals surface area contributed by atoms with Crippen molar-refractivity contribution in [1.29, 1.82) is 0 Å². The van der Waals surface area contributed by atoms with Crippen molar-refractivity contribution >= 4 is 5.91 Å². The largest absolute Gasteiger partial charge is 0.342 e. The molecule has 0 aliphatic rings. The van der Waals surface area contributed by atoms with E-state index in [1.54, 1.807) is 11.9 Å². The van der Waals surface area contributed by atoms with E-state index < -0.39 is 0 Å². The summed E-state index contributed by atoms with van der Waals surface area (Å²) in [5.41, 5.74) is 6.34. The number of nitrogens with two attached hydrogens (primary N) is 1. The van der Waals surface area contributed by atoms with Crippen LogP contribution in [0.15, 0.2) is 12.2 Å². The van der Waals surface area contributed by atoms with E-state index in [9.17, 15) is 4.79 Å². The van der Waals surface area contributed by atoms with Gasteiger partial charge in [0.05, 0.1) is 0 Å². The Morgan fingerprint density at radius 3 is 2.54 bits per heavy atom. The Balaban J connectivity index is 3.63. The Morgan fingerprint density at radius 2 is 2.08 bits per heavy atom. The zero-order chi connectivity index (χ0) is 10.3. The van der Waals surface area contributed by atoms with Crippen LogP contribution in [-0.4, -0.2) is 30.9 Å². The Kier molecular flexibility index (Phi) is 6.24. The number of carbonyl (C=O) groups is 1. The van der Waals surface area contributed by atoms with E-state index in [2.05, 4.69) is 6.58 Å². The van der Waals surface area contributed by atoms with Gasteiger partial charge in [-0.25, -0.2) is 0 Å². The number of hydrogen-bond acceptors (Lipinski definition) is 2. The number of unbranched alkanes of at least 4 members (excludes halogenated alkanes) is 1. The SMILES string of the molecule is C=C(C)CN(C)C(=O)CCCCN. The van der Waals surface area contributed by atoms with Crippen molar-refractivity contribution in [3.05, 3.63) is 12.2 Å². The van der Waals surface area contributed by atoms with E-state index in [0.717, 1.165) is 18.4 Å². The first-order valence-electron chi connectivity index (χ1n) is 4.66. The molecule has 0 unspecified atom stereocenters. The van der Waals surface area contributed by atoms with E-state index in [-0.39, 0.29) is 5.91 Å². The number of likely N-dealkylation sites (N-methyl/N-ethyl adjacent to an activating group) is 1. The molecule has 0 bridgehead atoms. The van der Waals surface area contributed by atoms with Crippen molar-refractivity contribution in [3.63, 3.8) is 0 Å². The van der Waals surface area contributed by atoms with Crippen LogP contribution in [0.5, 0.6) is 0 Å². The summed E-state index contributed by atoms with van der Waals surface area (Å²) in [6.45, 7) is 7.00.